The van der Waals surface area contributed by atoms with Gasteiger partial charge in [-0.3, -0.25) is 10.1 Å². The SMILES string of the molecule is Cc1cccc(NC2CC(O)C2(C)C)c1[N+](=O)[O-]. The van der Waals surface area contributed by atoms with Crippen molar-refractivity contribution in [3.63, 3.8) is 0 Å². The van der Waals surface area contributed by atoms with Gasteiger partial charge in [0.1, 0.15) is 5.69 Å². The van der Waals surface area contributed by atoms with E-state index in [1.165, 1.54) is 0 Å². The summed E-state index contributed by atoms with van der Waals surface area (Å²) in [5.74, 6) is 0. The van der Waals surface area contributed by atoms with Gasteiger partial charge in [-0.05, 0) is 19.4 Å². The van der Waals surface area contributed by atoms with Crippen LogP contribution in [0.2, 0.25) is 0 Å². The number of hydrogen-bond acceptors (Lipinski definition) is 4. The number of hydrogen-bond donors (Lipinski definition) is 2. The molecule has 1 aliphatic carbocycles. The third kappa shape index (κ3) is 1.95. The molecule has 1 fully saturated rings. The lowest BCUT2D eigenvalue weighted by atomic mass is 9.64. The van der Waals surface area contributed by atoms with E-state index < -0.39 is 0 Å². The highest BCUT2D eigenvalue weighted by atomic mass is 16.6. The van der Waals surface area contributed by atoms with Gasteiger partial charge in [-0.25, -0.2) is 0 Å². The highest BCUT2D eigenvalue weighted by Gasteiger charge is 2.47. The summed E-state index contributed by atoms with van der Waals surface area (Å²) in [6, 6.07) is 5.30. The molecule has 2 N–H and O–H groups in total. The van der Waals surface area contributed by atoms with Gasteiger partial charge in [0.2, 0.25) is 0 Å². The van der Waals surface area contributed by atoms with Crippen molar-refractivity contribution in [2.45, 2.75) is 39.3 Å². The number of rotatable bonds is 3. The zero-order valence-electron chi connectivity index (χ0n) is 10.8. The summed E-state index contributed by atoms with van der Waals surface area (Å²) in [6.45, 7) is 5.64. The number of anilines is 1. The fourth-order valence-corrected chi connectivity index (χ4v) is 2.35. The van der Waals surface area contributed by atoms with Crippen LogP contribution >= 0.6 is 0 Å². The maximum absolute atomic E-state index is 11.1. The van der Waals surface area contributed by atoms with Crippen LogP contribution in [0.5, 0.6) is 0 Å². The molecule has 2 atom stereocenters. The molecule has 1 saturated carbocycles. The standard InChI is InChI=1S/C13H18N2O3/c1-8-5-4-6-9(12(8)15(17)18)14-10-7-11(16)13(10,2)3/h4-6,10-11,14,16H,7H2,1-3H3. The first-order chi connectivity index (χ1) is 8.34. The fourth-order valence-electron chi connectivity index (χ4n) is 2.35. The predicted molar refractivity (Wildman–Crippen MR) is 69.6 cm³/mol. The number of aliphatic hydroxyl groups is 1. The largest absolute Gasteiger partial charge is 0.392 e. The molecule has 0 amide bonds. The minimum absolute atomic E-state index is 0.0630. The summed E-state index contributed by atoms with van der Waals surface area (Å²) in [5, 5.41) is 23.9. The Balaban J connectivity index is 2.26. The van der Waals surface area contributed by atoms with E-state index in [1.807, 2.05) is 13.8 Å². The molecular weight excluding hydrogens is 232 g/mol. The molecule has 0 radical (unpaired) electrons. The molecule has 2 rings (SSSR count). The Morgan fingerprint density at radius 3 is 2.67 bits per heavy atom. The van der Waals surface area contributed by atoms with Crippen molar-refractivity contribution in [1.82, 2.24) is 0 Å². The second-order valence-electron chi connectivity index (χ2n) is 5.50. The van der Waals surface area contributed by atoms with Gasteiger partial charge in [0.05, 0.1) is 11.0 Å². The molecule has 0 aliphatic heterocycles. The smallest absolute Gasteiger partial charge is 0.295 e. The molecule has 1 aromatic rings. The Morgan fingerprint density at radius 1 is 1.50 bits per heavy atom. The lowest BCUT2D eigenvalue weighted by Crippen LogP contribution is -2.56. The number of aliphatic hydroxyl groups excluding tert-OH is 1. The van der Waals surface area contributed by atoms with Crippen molar-refractivity contribution in [3.05, 3.63) is 33.9 Å². The van der Waals surface area contributed by atoms with Gasteiger partial charge in [0, 0.05) is 17.0 Å². The van der Waals surface area contributed by atoms with Crippen LogP contribution in [0, 0.1) is 22.5 Å². The molecular formula is C13H18N2O3. The molecule has 0 spiro atoms. The van der Waals surface area contributed by atoms with Crippen molar-refractivity contribution in [2.24, 2.45) is 5.41 Å². The molecule has 1 aliphatic rings. The predicted octanol–water partition coefficient (Wildman–Crippen LogP) is 2.47. The lowest BCUT2D eigenvalue weighted by molar-refractivity contribution is -0.384. The van der Waals surface area contributed by atoms with Gasteiger partial charge in [0.25, 0.3) is 5.69 Å². The summed E-state index contributed by atoms with van der Waals surface area (Å²) in [6.07, 6.45) is 0.275. The molecule has 18 heavy (non-hydrogen) atoms. The average Bonchev–Trinajstić information content (AvgIpc) is 2.28. The van der Waals surface area contributed by atoms with Crippen LogP contribution < -0.4 is 5.32 Å². The van der Waals surface area contributed by atoms with Gasteiger partial charge in [-0.1, -0.05) is 26.0 Å². The van der Waals surface area contributed by atoms with Crippen LogP contribution in [-0.4, -0.2) is 22.2 Å². The van der Waals surface area contributed by atoms with Crippen molar-refractivity contribution in [1.29, 1.82) is 0 Å². The zero-order valence-corrected chi connectivity index (χ0v) is 10.8. The monoisotopic (exact) mass is 250 g/mol. The fraction of sp³-hybridized carbons (Fsp3) is 0.538. The van der Waals surface area contributed by atoms with Gasteiger partial charge < -0.3 is 10.4 Å². The van der Waals surface area contributed by atoms with Crippen LogP contribution in [0.1, 0.15) is 25.8 Å². The zero-order chi connectivity index (χ0) is 13.5. The third-order valence-electron chi connectivity index (χ3n) is 3.97. The number of nitro benzene ring substituents is 1. The summed E-state index contributed by atoms with van der Waals surface area (Å²) < 4.78 is 0. The van der Waals surface area contributed by atoms with Gasteiger partial charge in [-0.15, -0.1) is 0 Å². The molecule has 2 unspecified atom stereocenters. The van der Waals surface area contributed by atoms with Gasteiger partial charge >= 0.3 is 0 Å². The Labute approximate surface area is 106 Å². The second kappa shape index (κ2) is 4.24. The van der Waals surface area contributed by atoms with E-state index in [4.69, 9.17) is 0 Å². The van der Waals surface area contributed by atoms with E-state index in [0.29, 0.717) is 17.7 Å². The van der Waals surface area contributed by atoms with E-state index in [9.17, 15) is 15.2 Å². The summed E-state index contributed by atoms with van der Waals surface area (Å²) in [5.41, 5.74) is 1.04. The molecule has 1 aromatic carbocycles. The van der Waals surface area contributed by atoms with E-state index in [2.05, 4.69) is 5.32 Å². The summed E-state index contributed by atoms with van der Waals surface area (Å²) in [7, 11) is 0. The highest BCUT2D eigenvalue weighted by molar-refractivity contribution is 5.65. The lowest BCUT2D eigenvalue weighted by Gasteiger charge is -2.49. The molecule has 98 valence electrons. The minimum Gasteiger partial charge on any atom is -0.392 e. The quantitative estimate of drug-likeness (QED) is 0.638. The average molecular weight is 250 g/mol. The first-order valence-electron chi connectivity index (χ1n) is 6.02. The van der Waals surface area contributed by atoms with Gasteiger partial charge in [-0.2, -0.15) is 0 Å². The van der Waals surface area contributed by atoms with Crippen LogP contribution in [0.25, 0.3) is 0 Å². The molecule has 0 aromatic heterocycles. The third-order valence-corrected chi connectivity index (χ3v) is 3.97. The second-order valence-corrected chi connectivity index (χ2v) is 5.50. The van der Waals surface area contributed by atoms with Crippen LogP contribution in [0.4, 0.5) is 11.4 Å². The number of aryl methyl sites for hydroxylation is 1. The topological polar surface area (TPSA) is 75.4 Å². The first-order valence-corrected chi connectivity index (χ1v) is 6.02. The highest BCUT2D eigenvalue weighted by Crippen LogP contribution is 2.43. The summed E-state index contributed by atoms with van der Waals surface area (Å²) in [4.78, 5) is 10.7. The van der Waals surface area contributed by atoms with Crippen LogP contribution in [-0.2, 0) is 0 Å². The van der Waals surface area contributed by atoms with E-state index >= 15 is 0 Å². The van der Waals surface area contributed by atoms with Crippen molar-refractivity contribution >= 4 is 11.4 Å². The maximum atomic E-state index is 11.1. The van der Waals surface area contributed by atoms with Crippen molar-refractivity contribution in [2.75, 3.05) is 5.32 Å². The van der Waals surface area contributed by atoms with Crippen LogP contribution in [0.15, 0.2) is 18.2 Å². The van der Waals surface area contributed by atoms with Crippen molar-refractivity contribution in [3.8, 4) is 0 Å². The number of para-hydroxylation sites is 1. The van der Waals surface area contributed by atoms with E-state index in [-0.39, 0.29) is 28.2 Å². The van der Waals surface area contributed by atoms with Crippen LogP contribution in [0.3, 0.4) is 0 Å². The Kier molecular flexibility index (Phi) is 3.02. The number of nitrogens with one attached hydrogen (secondary N) is 1. The van der Waals surface area contributed by atoms with E-state index in [1.54, 1.807) is 25.1 Å². The minimum atomic E-state index is -0.361. The number of benzene rings is 1. The van der Waals surface area contributed by atoms with E-state index in [0.717, 1.165) is 0 Å². The Morgan fingerprint density at radius 2 is 2.17 bits per heavy atom. The molecule has 0 saturated heterocycles. The Hall–Kier alpha value is -1.62. The first kappa shape index (κ1) is 12.8. The molecule has 5 nitrogen and oxygen atoms in total. The molecule has 0 heterocycles. The van der Waals surface area contributed by atoms with Crippen molar-refractivity contribution < 1.29 is 10.0 Å². The molecule has 5 heteroatoms. The maximum Gasteiger partial charge on any atom is 0.295 e. The normalized spacial score (nSPS) is 25.3. The summed E-state index contributed by atoms with van der Waals surface area (Å²) >= 11 is 0. The number of nitrogens with zero attached hydrogens (tertiary/aromatic N) is 1. The molecule has 0 bridgehead atoms. The Bertz CT molecular complexity index is 485. The van der Waals surface area contributed by atoms with Gasteiger partial charge in [0.15, 0.2) is 0 Å². The number of nitro groups is 1.